The van der Waals surface area contributed by atoms with Crippen LogP contribution in [0.2, 0.25) is 0 Å². The second-order valence-corrected chi connectivity index (χ2v) is 5.36. The molecule has 1 saturated carbocycles. The van der Waals surface area contributed by atoms with Crippen molar-refractivity contribution < 1.29 is 9.18 Å². The summed E-state index contributed by atoms with van der Waals surface area (Å²) >= 11 is 3.34. The molecule has 1 aliphatic carbocycles. The average molecular weight is 285 g/mol. The third kappa shape index (κ3) is 2.91. The first-order valence-electron chi connectivity index (χ1n) is 5.61. The van der Waals surface area contributed by atoms with Gasteiger partial charge in [-0.05, 0) is 48.9 Å². The molecule has 1 nitrogen and oxygen atoms in total. The summed E-state index contributed by atoms with van der Waals surface area (Å²) in [5.74, 6) is 0.484. The van der Waals surface area contributed by atoms with E-state index in [-0.39, 0.29) is 5.82 Å². The fourth-order valence-electron chi connectivity index (χ4n) is 2.30. The van der Waals surface area contributed by atoms with Gasteiger partial charge in [0.1, 0.15) is 11.6 Å². The first-order chi connectivity index (χ1) is 7.65. The number of carbonyl (C=O) groups is 1. The van der Waals surface area contributed by atoms with Crippen LogP contribution in [0.3, 0.4) is 0 Å². The number of halogens is 2. The molecular weight excluding hydrogens is 271 g/mol. The summed E-state index contributed by atoms with van der Waals surface area (Å²) in [5.41, 5.74) is 0.717. The molecule has 0 aromatic heterocycles. The topological polar surface area (TPSA) is 17.1 Å². The molecule has 0 spiro atoms. The fraction of sp³-hybridized carbons (Fsp3) is 0.462. The number of rotatable bonds is 2. The van der Waals surface area contributed by atoms with Crippen molar-refractivity contribution in [3.8, 4) is 0 Å². The molecule has 16 heavy (non-hydrogen) atoms. The van der Waals surface area contributed by atoms with Crippen molar-refractivity contribution in [1.29, 1.82) is 0 Å². The summed E-state index contributed by atoms with van der Waals surface area (Å²) in [6.07, 6.45) is 4.00. The molecule has 1 fully saturated rings. The van der Waals surface area contributed by atoms with Crippen molar-refractivity contribution in [3.63, 3.8) is 0 Å². The Balaban J connectivity index is 2.08. The zero-order valence-corrected chi connectivity index (χ0v) is 10.6. The van der Waals surface area contributed by atoms with Crippen LogP contribution >= 0.6 is 15.9 Å². The van der Waals surface area contributed by atoms with Gasteiger partial charge in [-0.1, -0.05) is 15.9 Å². The Bertz CT molecular complexity index is 403. The summed E-state index contributed by atoms with van der Waals surface area (Å²) in [6, 6.07) is 4.99. The highest BCUT2D eigenvalue weighted by atomic mass is 79.9. The van der Waals surface area contributed by atoms with Crippen LogP contribution < -0.4 is 0 Å². The van der Waals surface area contributed by atoms with Gasteiger partial charge in [0.15, 0.2) is 0 Å². The minimum absolute atomic E-state index is 0.166. The average Bonchev–Trinajstić information content (AvgIpc) is 2.24. The van der Waals surface area contributed by atoms with E-state index in [1.807, 2.05) is 6.07 Å². The Morgan fingerprint density at radius 1 is 1.44 bits per heavy atom. The van der Waals surface area contributed by atoms with Gasteiger partial charge in [-0.25, -0.2) is 4.39 Å². The lowest BCUT2D eigenvalue weighted by molar-refractivity contribution is -0.121. The summed E-state index contributed by atoms with van der Waals surface area (Å²) in [4.78, 5) is 11.3. The molecule has 1 atom stereocenters. The standard InChI is InChI=1S/C13H14BrFO/c14-11-4-5-13(15)10(8-11)6-9-2-1-3-12(16)7-9/h4-5,8-9H,1-3,6-7H2. The van der Waals surface area contributed by atoms with E-state index in [0.717, 1.165) is 17.3 Å². The number of carbonyl (C=O) groups excluding carboxylic acids is 1. The minimum Gasteiger partial charge on any atom is -0.300 e. The Morgan fingerprint density at radius 2 is 2.25 bits per heavy atom. The lowest BCUT2D eigenvalue weighted by Crippen LogP contribution is -2.17. The highest BCUT2D eigenvalue weighted by molar-refractivity contribution is 9.10. The molecule has 2 rings (SSSR count). The molecule has 1 unspecified atom stereocenters. The first kappa shape index (κ1) is 11.8. The highest BCUT2D eigenvalue weighted by Gasteiger charge is 2.20. The van der Waals surface area contributed by atoms with Crippen LogP contribution in [-0.2, 0) is 11.2 Å². The van der Waals surface area contributed by atoms with Gasteiger partial charge in [-0.15, -0.1) is 0 Å². The van der Waals surface area contributed by atoms with Crippen LogP contribution in [-0.4, -0.2) is 5.78 Å². The van der Waals surface area contributed by atoms with Crippen LogP contribution in [0, 0.1) is 11.7 Å². The van der Waals surface area contributed by atoms with Gasteiger partial charge in [0.2, 0.25) is 0 Å². The summed E-state index contributed by atoms with van der Waals surface area (Å²) < 4.78 is 14.4. The minimum atomic E-state index is -0.166. The van der Waals surface area contributed by atoms with Gasteiger partial charge in [-0.3, -0.25) is 4.79 Å². The number of ketones is 1. The number of hydrogen-bond acceptors (Lipinski definition) is 1. The first-order valence-corrected chi connectivity index (χ1v) is 6.40. The maximum atomic E-state index is 13.5. The zero-order chi connectivity index (χ0) is 11.5. The number of Topliss-reactive ketones (excluding diaryl/α,β-unsaturated/α-hetero) is 1. The molecule has 0 aliphatic heterocycles. The normalized spacial score (nSPS) is 21.1. The summed E-state index contributed by atoms with van der Waals surface area (Å²) in [6.45, 7) is 0. The van der Waals surface area contributed by atoms with Gasteiger partial charge in [0, 0.05) is 17.3 Å². The summed E-state index contributed by atoms with van der Waals surface area (Å²) in [5, 5.41) is 0. The van der Waals surface area contributed by atoms with E-state index in [4.69, 9.17) is 0 Å². The Morgan fingerprint density at radius 3 is 3.00 bits per heavy atom. The van der Waals surface area contributed by atoms with Crippen LogP contribution in [0.15, 0.2) is 22.7 Å². The van der Waals surface area contributed by atoms with Crippen LogP contribution in [0.1, 0.15) is 31.2 Å². The fourth-order valence-corrected chi connectivity index (χ4v) is 2.71. The second kappa shape index (κ2) is 5.09. The van der Waals surface area contributed by atoms with Crippen molar-refractivity contribution in [2.45, 2.75) is 32.1 Å². The van der Waals surface area contributed by atoms with Crippen molar-refractivity contribution in [3.05, 3.63) is 34.1 Å². The number of hydrogen-bond donors (Lipinski definition) is 0. The largest absolute Gasteiger partial charge is 0.300 e. The molecule has 1 aromatic carbocycles. The van der Waals surface area contributed by atoms with Crippen LogP contribution in [0.5, 0.6) is 0 Å². The quantitative estimate of drug-likeness (QED) is 0.805. The molecule has 3 heteroatoms. The van der Waals surface area contributed by atoms with E-state index in [0.29, 0.717) is 36.5 Å². The zero-order valence-electron chi connectivity index (χ0n) is 9.01. The van der Waals surface area contributed by atoms with Crippen LogP contribution in [0.25, 0.3) is 0 Å². The molecule has 1 aromatic rings. The Labute approximate surface area is 103 Å². The maximum absolute atomic E-state index is 13.5. The summed E-state index contributed by atoms with van der Waals surface area (Å²) in [7, 11) is 0. The van der Waals surface area contributed by atoms with Gasteiger partial charge >= 0.3 is 0 Å². The van der Waals surface area contributed by atoms with Crippen LogP contribution in [0.4, 0.5) is 4.39 Å². The highest BCUT2D eigenvalue weighted by Crippen LogP contribution is 2.27. The third-order valence-corrected chi connectivity index (χ3v) is 3.59. The molecule has 0 radical (unpaired) electrons. The van der Waals surface area contributed by atoms with E-state index in [9.17, 15) is 9.18 Å². The molecular formula is C13H14BrFO. The van der Waals surface area contributed by atoms with Gasteiger partial charge in [0.25, 0.3) is 0 Å². The van der Waals surface area contributed by atoms with Crippen molar-refractivity contribution in [2.24, 2.45) is 5.92 Å². The molecule has 1 aliphatic rings. The van der Waals surface area contributed by atoms with E-state index in [1.165, 1.54) is 6.07 Å². The molecule has 0 heterocycles. The molecule has 0 N–H and O–H groups in total. The van der Waals surface area contributed by atoms with Gasteiger partial charge in [-0.2, -0.15) is 0 Å². The Hall–Kier alpha value is -0.700. The third-order valence-electron chi connectivity index (χ3n) is 3.10. The van der Waals surface area contributed by atoms with Gasteiger partial charge in [0.05, 0.1) is 0 Å². The number of benzene rings is 1. The monoisotopic (exact) mass is 284 g/mol. The lowest BCUT2D eigenvalue weighted by atomic mass is 9.84. The van der Waals surface area contributed by atoms with E-state index >= 15 is 0 Å². The second-order valence-electron chi connectivity index (χ2n) is 4.44. The van der Waals surface area contributed by atoms with Crippen molar-refractivity contribution in [1.82, 2.24) is 0 Å². The van der Waals surface area contributed by atoms with E-state index in [1.54, 1.807) is 6.07 Å². The predicted molar refractivity (Wildman–Crippen MR) is 64.8 cm³/mol. The Kier molecular flexibility index (Phi) is 3.74. The predicted octanol–water partition coefficient (Wildman–Crippen LogP) is 3.89. The smallest absolute Gasteiger partial charge is 0.133 e. The lowest BCUT2D eigenvalue weighted by Gasteiger charge is -2.20. The van der Waals surface area contributed by atoms with Crippen molar-refractivity contribution in [2.75, 3.05) is 0 Å². The van der Waals surface area contributed by atoms with Crippen molar-refractivity contribution >= 4 is 21.7 Å². The van der Waals surface area contributed by atoms with E-state index < -0.39 is 0 Å². The van der Waals surface area contributed by atoms with Gasteiger partial charge < -0.3 is 0 Å². The SMILES string of the molecule is O=C1CCCC(Cc2cc(Br)ccc2F)C1. The van der Waals surface area contributed by atoms with E-state index in [2.05, 4.69) is 15.9 Å². The molecule has 0 saturated heterocycles. The molecule has 0 amide bonds. The maximum Gasteiger partial charge on any atom is 0.133 e. The molecule has 86 valence electrons. The molecule has 0 bridgehead atoms.